The third-order valence-corrected chi connectivity index (χ3v) is 4.78. The van der Waals surface area contributed by atoms with Crippen molar-refractivity contribution in [3.05, 3.63) is 54.1 Å². The summed E-state index contributed by atoms with van der Waals surface area (Å²) in [5.74, 6) is 0.561. The Labute approximate surface area is 159 Å². The minimum Gasteiger partial charge on any atom is -0.497 e. The van der Waals surface area contributed by atoms with Gasteiger partial charge >= 0.3 is 0 Å². The van der Waals surface area contributed by atoms with Crippen LogP contribution in [0.2, 0.25) is 0 Å². The highest BCUT2D eigenvalue weighted by Gasteiger charge is 2.37. The number of hydrogen-bond acceptors (Lipinski definition) is 4. The summed E-state index contributed by atoms with van der Waals surface area (Å²) in [4.78, 5) is 26.7. The molecule has 0 radical (unpaired) electrons. The highest BCUT2D eigenvalue weighted by molar-refractivity contribution is 6.09. The largest absolute Gasteiger partial charge is 0.497 e. The molecule has 0 aliphatic carbocycles. The molecule has 2 aromatic rings. The predicted molar refractivity (Wildman–Crippen MR) is 103 cm³/mol. The summed E-state index contributed by atoms with van der Waals surface area (Å²) in [6, 6.07) is 15.0. The maximum Gasteiger partial charge on any atom is 0.239 e. The molecule has 1 heterocycles. The molecule has 3 rings (SSSR count). The number of methoxy groups -OCH3 is 2. The van der Waals surface area contributed by atoms with Gasteiger partial charge in [0.2, 0.25) is 11.8 Å². The number of rotatable bonds is 7. The molecule has 0 unspecified atom stereocenters. The van der Waals surface area contributed by atoms with Crippen molar-refractivity contribution in [2.45, 2.75) is 12.8 Å². The Bertz CT molecular complexity index is 787. The summed E-state index contributed by atoms with van der Waals surface area (Å²) in [6.07, 6.45) is 1.23. The average molecular weight is 368 g/mol. The van der Waals surface area contributed by atoms with Crippen LogP contribution in [0.25, 0.3) is 0 Å². The zero-order valence-corrected chi connectivity index (χ0v) is 15.6. The van der Waals surface area contributed by atoms with Crippen molar-refractivity contribution in [1.82, 2.24) is 5.32 Å². The van der Waals surface area contributed by atoms with Crippen LogP contribution < -0.4 is 19.7 Å². The Morgan fingerprint density at radius 1 is 1.04 bits per heavy atom. The van der Waals surface area contributed by atoms with Gasteiger partial charge in [-0.2, -0.15) is 0 Å². The van der Waals surface area contributed by atoms with Crippen molar-refractivity contribution in [2.24, 2.45) is 5.92 Å². The lowest BCUT2D eigenvalue weighted by Gasteiger charge is -2.17. The molecule has 1 aliphatic rings. The van der Waals surface area contributed by atoms with Gasteiger partial charge in [-0.15, -0.1) is 0 Å². The van der Waals surface area contributed by atoms with Crippen LogP contribution in [0, 0.1) is 5.92 Å². The van der Waals surface area contributed by atoms with Crippen molar-refractivity contribution < 1.29 is 19.1 Å². The highest BCUT2D eigenvalue weighted by atomic mass is 16.5. The minimum absolute atomic E-state index is 0.151. The molecule has 2 aromatic carbocycles. The molecule has 1 aliphatic heterocycles. The van der Waals surface area contributed by atoms with Crippen molar-refractivity contribution in [3.8, 4) is 11.5 Å². The third kappa shape index (κ3) is 4.39. The number of nitrogens with zero attached hydrogens (tertiary/aromatic N) is 1. The van der Waals surface area contributed by atoms with Gasteiger partial charge in [-0.25, -0.2) is 0 Å². The SMILES string of the molecule is COc1ccc(CCNC(=O)[C@H]2CCN(c3ccc(OC)cc3)C2=O)cc1. The fraction of sp³-hybridized carbons (Fsp3) is 0.333. The summed E-state index contributed by atoms with van der Waals surface area (Å²) >= 11 is 0. The Hall–Kier alpha value is -3.02. The van der Waals surface area contributed by atoms with E-state index in [1.165, 1.54) is 0 Å². The summed E-state index contributed by atoms with van der Waals surface area (Å²) in [5.41, 5.74) is 1.89. The number of amides is 2. The second kappa shape index (κ2) is 8.58. The minimum atomic E-state index is -0.622. The van der Waals surface area contributed by atoms with E-state index in [1.54, 1.807) is 19.1 Å². The Kier molecular flexibility index (Phi) is 5.96. The first-order valence-corrected chi connectivity index (χ1v) is 8.98. The van der Waals surface area contributed by atoms with Crippen LogP contribution in [0.5, 0.6) is 11.5 Å². The van der Waals surface area contributed by atoms with Crippen molar-refractivity contribution in [2.75, 3.05) is 32.2 Å². The van der Waals surface area contributed by atoms with Crippen molar-refractivity contribution in [1.29, 1.82) is 0 Å². The van der Waals surface area contributed by atoms with E-state index in [0.717, 1.165) is 22.7 Å². The molecule has 27 heavy (non-hydrogen) atoms. The summed E-state index contributed by atoms with van der Waals surface area (Å²) in [6.45, 7) is 1.04. The number of nitrogens with one attached hydrogen (secondary N) is 1. The Balaban J connectivity index is 1.51. The molecule has 6 heteroatoms. The molecule has 1 saturated heterocycles. The van der Waals surface area contributed by atoms with Crippen LogP contribution in [-0.4, -0.2) is 39.1 Å². The molecule has 2 amide bonds. The van der Waals surface area contributed by atoms with E-state index in [2.05, 4.69) is 5.32 Å². The van der Waals surface area contributed by atoms with E-state index in [1.807, 2.05) is 48.5 Å². The molecule has 0 spiro atoms. The standard InChI is InChI=1S/C21H24N2O4/c1-26-17-7-3-15(4-8-17)11-13-22-20(24)19-12-14-23(21(19)25)16-5-9-18(27-2)10-6-16/h3-10,19H,11-14H2,1-2H3,(H,22,24)/t19-/m1/s1. The zero-order chi connectivity index (χ0) is 19.2. The van der Waals surface area contributed by atoms with Gasteiger partial charge in [0.25, 0.3) is 0 Å². The van der Waals surface area contributed by atoms with E-state index in [4.69, 9.17) is 9.47 Å². The second-order valence-corrected chi connectivity index (χ2v) is 6.42. The van der Waals surface area contributed by atoms with Gasteiger partial charge in [-0.1, -0.05) is 12.1 Å². The normalized spacial score (nSPS) is 16.3. The lowest BCUT2D eigenvalue weighted by molar-refractivity contribution is -0.132. The monoisotopic (exact) mass is 368 g/mol. The van der Waals surface area contributed by atoms with Gasteiger partial charge in [0.15, 0.2) is 0 Å². The molecule has 1 atom stereocenters. The van der Waals surface area contributed by atoms with Gasteiger partial charge in [0.1, 0.15) is 17.4 Å². The van der Waals surface area contributed by atoms with Gasteiger partial charge in [0, 0.05) is 18.8 Å². The first-order valence-electron chi connectivity index (χ1n) is 8.98. The van der Waals surface area contributed by atoms with E-state index in [0.29, 0.717) is 25.9 Å². The molecule has 142 valence electrons. The summed E-state index contributed by atoms with van der Waals surface area (Å²) < 4.78 is 10.3. The molecule has 1 N–H and O–H groups in total. The van der Waals surface area contributed by atoms with Crippen LogP contribution in [0.1, 0.15) is 12.0 Å². The predicted octanol–water partition coefficient (Wildman–Crippen LogP) is 2.42. The molecular weight excluding hydrogens is 344 g/mol. The number of benzene rings is 2. The molecule has 0 aromatic heterocycles. The number of anilines is 1. The van der Waals surface area contributed by atoms with Gasteiger partial charge in [-0.05, 0) is 54.8 Å². The van der Waals surface area contributed by atoms with Gasteiger partial charge < -0.3 is 19.7 Å². The number of carbonyl (C=O) groups excluding carboxylic acids is 2. The maximum absolute atomic E-state index is 12.6. The molecular formula is C21H24N2O4. The summed E-state index contributed by atoms with van der Waals surface area (Å²) in [7, 11) is 3.23. The van der Waals surface area contributed by atoms with Crippen LogP contribution in [0.15, 0.2) is 48.5 Å². The van der Waals surface area contributed by atoms with Gasteiger partial charge in [-0.3, -0.25) is 9.59 Å². The maximum atomic E-state index is 12.6. The van der Waals surface area contributed by atoms with E-state index >= 15 is 0 Å². The topological polar surface area (TPSA) is 67.9 Å². The second-order valence-electron chi connectivity index (χ2n) is 6.42. The van der Waals surface area contributed by atoms with E-state index < -0.39 is 5.92 Å². The van der Waals surface area contributed by atoms with Crippen molar-refractivity contribution in [3.63, 3.8) is 0 Å². The lowest BCUT2D eigenvalue weighted by atomic mass is 10.1. The molecule has 6 nitrogen and oxygen atoms in total. The van der Waals surface area contributed by atoms with Crippen molar-refractivity contribution >= 4 is 17.5 Å². The fourth-order valence-electron chi connectivity index (χ4n) is 3.19. The van der Waals surface area contributed by atoms with Crippen LogP contribution in [-0.2, 0) is 16.0 Å². The first kappa shape index (κ1) is 18.8. The van der Waals surface area contributed by atoms with E-state index in [9.17, 15) is 9.59 Å². The Morgan fingerprint density at radius 3 is 2.22 bits per heavy atom. The van der Waals surface area contributed by atoms with Crippen LogP contribution in [0.4, 0.5) is 5.69 Å². The van der Waals surface area contributed by atoms with Gasteiger partial charge in [0.05, 0.1) is 14.2 Å². The fourth-order valence-corrected chi connectivity index (χ4v) is 3.19. The van der Waals surface area contributed by atoms with E-state index in [-0.39, 0.29) is 11.8 Å². The highest BCUT2D eigenvalue weighted by Crippen LogP contribution is 2.27. The first-order chi connectivity index (χ1) is 13.1. The molecule has 0 saturated carbocycles. The molecule has 0 bridgehead atoms. The smallest absolute Gasteiger partial charge is 0.239 e. The van der Waals surface area contributed by atoms with Crippen LogP contribution >= 0.6 is 0 Å². The number of ether oxygens (including phenoxy) is 2. The lowest BCUT2D eigenvalue weighted by Crippen LogP contribution is -2.37. The zero-order valence-electron chi connectivity index (χ0n) is 15.6. The number of carbonyl (C=O) groups is 2. The Morgan fingerprint density at radius 2 is 1.63 bits per heavy atom. The third-order valence-electron chi connectivity index (χ3n) is 4.78. The quantitative estimate of drug-likeness (QED) is 0.762. The molecule has 1 fully saturated rings. The number of hydrogen-bond donors (Lipinski definition) is 1. The van der Waals surface area contributed by atoms with Crippen LogP contribution in [0.3, 0.4) is 0 Å². The summed E-state index contributed by atoms with van der Waals surface area (Å²) in [5, 5.41) is 2.88. The average Bonchev–Trinajstić information content (AvgIpc) is 3.10.